The largest absolute Gasteiger partial charge is 0.242 e. The van der Waals surface area contributed by atoms with Crippen molar-refractivity contribution in [1.29, 1.82) is 0 Å². The molecule has 2 heterocycles. The van der Waals surface area contributed by atoms with Gasteiger partial charge in [-0.05, 0) is 12.5 Å². The molecule has 2 nitrogen and oxygen atoms in total. The number of nitrogens with zero attached hydrogens (tertiary/aromatic N) is 2. The van der Waals surface area contributed by atoms with E-state index in [1.807, 2.05) is 30.6 Å². The van der Waals surface area contributed by atoms with Gasteiger partial charge in [0.2, 0.25) is 0 Å². The number of benzene rings is 1. The maximum Gasteiger partial charge on any atom is 0.152 e. The van der Waals surface area contributed by atoms with Crippen LogP contribution in [0.2, 0.25) is 0 Å². The summed E-state index contributed by atoms with van der Waals surface area (Å²) in [5, 5.41) is 2.01. The van der Waals surface area contributed by atoms with Gasteiger partial charge < -0.3 is 0 Å². The monoisotopic (exact) mass is 258 g/mol. The highest BCUT2D eigenvalue weighted by molar-refractivity contribution is 7.23. The fraction of sp³-hybridized carbons (Fsp3) is 0.0769. The van der Waals surface area contributed by atoms with Crippen LogP contribution in [0, 0.1) is 6.92 Å². The van der Waals surface area contributed by atoms with Crippen molar-refractivity contribution in [2.45, 2.75) is 6.92 Å². The van der Waals surface area contributed by atoms with Crippen molar-refractivity contribution in [1.82, 2.24) is 9.97 Å². The summed E-state index contributed by atoms with van der Waals surface area (Å²) in [4.78, 5) is 11.2. The first-order chi connectivity index (χ1) is 8.33. The molecule has 17 heavy (non-hydrogen) atoms. The molecular formula is C13H10N2S2. The molecule has 0 N–H and O–H groups in total. The molecular weight excluding hydrogens is 248 g/mol. The molecule has 0 spiro atoms. The smallest absolute Gasteiger partial charge is 0.152 e. The lowest BCUT2D eigenvalue weighted by Crippen LogP contribution is -1.68. The van der Waals surface area contributed by atoms with Crippen molar-refractivity contribution in [2.75, 3.05) is 0 Å². The van der Waals surface area contributed by atoms with Crippen molar-refractivity contribution in [2.24, 2.45) is 0 Å². The highest BCUT2D eigenvalue weighted by Gasteiger charge is 2.09. The molecule has 84 valence electrons. The molecule has 0 saturated carbocycles. The van der Waals surface area contributed by atoms with Crippen LogP contribution in [-0.4, -0.2) is 9.97 Å². The van der Waals surface area contributed by atoms with E-state index in [2.05, 4.69) is 29.0 Å². The summed E-state index contributed by atoms with van der Waals surface area (Å²) in [6.45, 7) is 2.06. The van der Waals surface area contributed by atoms with Crippen LogP contribution < -0.4 is 0 Å². The third-order valence-corrected chi connectivity index (χ3v) is 4.47. The fourth-order valence-corrected chi connectivity index (χ4v) is 3.28. The van der Waals surface area contributed by atoms with Gasteiger partial charge in [-0.2, -0.15) is 0 Å². The number of hydrogen-bond acceptors (Lipinski definition) is 4. The van der Waals surface area contributed by atoms with E-state index in [4.69, 9.17) is 0 Å². The van der Waals surface area contributed by atoms with Crippen LogP contribution in [0.3, 0.4) is 0 Å². The first-order valence-corrected chi connectivity index (χ1v) is 6.90. The summed E-state index contributed by atoms with van der Waals surface area (Å²) in [5.41, 5.74) is 1.21. The Bertz CT molecular complexity index is 626. The Labute approximate surface area is 108 Å². The second-order valence-electron chi connectivity index (χ2n) is 3.67. The van der Waals surface area contributed by atoms with Crippen LogP contribution in [-0.2, 0) is 0 Å². The zero-order valence-electron chi connectivity index (χ0n) is 9.25. The third kappa shape index (κ3) is 2.14. The number of hydrogen-bond donors (Lipinski definition) is 0. The minimum Gasteiger partial charge on any atom is -0.242 e. The van der Waals surface area contributed by atoms with E-state index >= 15 is 0 Å². The normalized spacial score (nSPS) is 10.6. The highest BCUT2D eigenvalue weighted by atomic mass is 32.1. The lowest BCUT2D eigenvalue weighted by molar-refractivity contribution is 1.34. The van der Waals surface area contributed by atoms with Gasteiger partial charge in [-0.1, -0.05) is 30.3 Å². The van der Waals surface area contributed by atoms with Crippen molar-refractivity contribution >= 4 is 22.7 Å². The summed E-state index contributed by atoms with van der Waals surface area (Å²) in [5.74, 6) is 0. The molecule has 0 saturated heterocycles. The van der Waals surface area contributed by atoms with E-state index in [1.54, 1.807) is 22.7 Å². The molecule has 0 aliphatic rings. The van der Waals surface area contributed by atoms with Crippen molar-refractivity contribution < 1.29 is 0 Å². The first-order valence-electron chi connectivity index (χ1n) is 5.27. The molecule has 4 heteroatoms. The van der Waals surface area contributed by atoms with Gasteiger partial charge in [-0.3, -0.25) is 0 Å². The second-order valence-corrected chi connectivity index (χ2v) is 5.94. The molecule has 0 atom stereocenters. The average Bonchev–Trinajstić information content (AvgIpc) is 2.98. The molecule has 3 rings (SSSR count). The fourth-order valence-electron chi connectivity index (χ4n) is 1.56. The Morgan fingerprint density at radius 3 is 2.29 bits per heavy atom. The van der Waals surface area contributed by atoms with Crippen molar-refractivity contribution in [3.8, 4) is 20.5 Å². The van der Waals surface area contributed by atoms with Gasteiger partial charge in [0.05, 0.1) is 4.88 Å². The lowest BCUT2D eigenvalue weighted by Gasteiger charge is -1.93. The Balaban J connectivity index is 1.99. The predicted molar refractivity (Wildman–Crippen MR) is 73.4 cm³/mol. The van der Waals surface area contributed by atoms with Crippen LogP contribution >= 0.6 is 22.7 Å². The van der Waals surface area contributed by atoms with Crippen molar-refractivity contribution in [3.05, 3.63) is 47.6 Å². The molecule has 0 aliphatic heterocycles. The molecule has 0 bridgehead atoms. The van der Waals surface area contributed by atoms with Crippen LogP contribution in [0.4, 0.5) is 0 Å². The SMILES string of the molecule is Cc1cnc(-c2ncc(-c3ccccc3)s2)s1. The zero-order chi connectivity index (χ0) is 11.7. The molecule has 0 amide bonds. The lowest BCUT2D eigenvalue weighted by atomic mass is 10.2. The quantitative estimate of drug-likeness (QED) is 0.687. The summed E-state index contributed by atoms with van der Waals surface area (Å²) in [6.07, 6.45) is 3.82. The van der Waals surface area contributed by atoms with Crippen LogP contribution in [0.25, 0.3) is 20.5 Å². The van der Waals surface area contributed by atoms with E-state index in [-0.39, 0.29) is 0 Å². The first kappa shape index (κ1) is 10.6. The van der Waals surface area contributed by atoms with E-state index in [0.29, 0.717) is 0 Å². The van der Waals surface area contributed by atoms with Gasteiger partial charge in [0.1, 0.15) is 0 Å². The molecule has 3 aromatic rings. The minimum atomic E-state index is 1.00. The summed E-state index contributed by atoms with van der Waals surface area (Å²) < 4.78 is 0. The third-order valence-electron chi connectivity index (χ3n) is 2.37. The molecule has 1 aromatic carbocycles. The summed E-state index contributed by atoms with van der Waals surface area (Å²) in [7, 11) is 0. The number of rotatable bonds is 2. The van der Waals surface area contributed by atoms with Gasteiger partial charge >= 0.3 is 0 Å². The number of aromatic nitrogens is 2. The zero-order valence-corrected chi connectivity index (χ0v) is 10.9. The van der Waals surface area contributed by atoms with Crippen molar-refractivity contribution in [3.63, 3.8) is 0 Å². The Morgan fingerprint density at radius 2 is 1.59 bits per heavy atom. The maximum atomic E-state index is 4.44. The highest BCUT2D eigenvalue weighted by Crippen LogP contribution is 2.33. The standard InChI is InChI=1S/C13H10N2S2/c1-9-7-14-12(16-9)13-15-8-11(17-13)10-5-3-2-4-6-10/h2-8H,1H3. The second kappa shape index (κ2) is 4.39. The molecule has 0 unspecified atom stereocenters. The van der Waals surface area contributed by atoms with Crippen LogP contribution in [0.15, 0.2) is 42.7 Å². The van der Waals surface area contributed by atoms with E-state index < -0.39 is 0 Å². The molecule has 0 fully saturated rings. The van der Waals surface area contributed by atoms with E-state index in [9.17, 15) is 0 Å². The average molecular weight is 258 g/mol. The van der Waals surface area contributed by atoms with Gasteiger partial charge in [-0.25, -0.2) is 9.97 Å². The van der Waals surface area contributed by atoms with Crippen LogP contribution in [0.5, 0.6) is 0 Å². The Kier molecular flexibility index (Phi) is 2.74. The number of aryl methyl sites for hydroxylation is 1. The topological polar surface area (TPSA) is 25.8 Å². The number of thiazole rings is 2. The van der Waals surface area contributed by atoms with Gasteiger partial charge in [0.25, 0.3) is 0 Å². The van der Waals surface area contributed by atoms with Crippen LogP contribution in [0.1, 0.15) is 4.88 Å². The van der Waals surface area contributed by atoms with Gasteiger partial charge in [-0.15, -0.1) is 22.7 Å². The van der Waals surface area contributed by atoms with Gasteiger partial charge in [0.15, 0.2) is 10.0 Å². The summed E-state index contributed by atoms with van der Waals surface area (Å²) >= 11 is 3.38. The molecule has 0 aliphatic carbocycles. The summed E-state index contributed by atoms with van der Waals surface area (Å²) in [6, 6.07) is 10.3. The molecule has 0 radical (unpaired) electrons. The maximum absolute atomic E-state index is 4.44. The Hall–Kier alpha value is -1.52. The predicted octanol–water partition coefficient (Wildman–Crippen LogP) is 4.24. The van der Waals surface area contributed by atoms with E-state index in [1.165, 1.54) is 15.3 Å². The minimum absolute atomic E-state index is 1.00. The Morgan fingerprint density at radius 1 is 0.882 bits per heavy atom. The van der Waals surface area contributed by atoms with E-state index in [0.717, 1.165) is 10.0 Å². The van der Waals surface area contributed by atoms with Gasteiger partial charge in [0, 0.05) is 17.3 Å². The molecule has 2 aromatic heterocycles.